The third-order valence-corrected chi connectivity index (χ3v) is 7.82. The number of carbonyl (C=O) groups excluding carboxylic acids is 1. The summed E-state index contributed by atoms with van der Waals surface area (Å²) in [6.07, 6.45) is 7.48. The van der Waals surface area contributed by atoms with Crippen LogP contribution in [0.5, 0.6) is 0 Å². The lowest BCUT2D eigenvalue weighted by Gasteiger charge is -2.17. The molecule has 0 bridgehead atoms. The Bertz CT molecular complexity index is 943. The van der Waals surface area contributed by atoms with Crippen LogP contribution in [0.1, 0.15) is 63.3 Å². The van der Waals surface area contributed by atoms with Crippen LogP contribution >= 0.6 is 23.1 Å². The number of fused-ring (bicyclic) bond motifs is 3. The molecule has 2 aromatic heterocycles. The van der Waals surface area contributed by atoms with Crippen molar-refractivity contribution in [2.24, 2.45) is 5.92 Å². The fourth-order valence-electron chi connectivity index (χ4n) is 3.65. The minimum Gasteiger partial charge on any atom is -0.352 e. The van der Waals surface area contributed by atoms with E-state index in [0.717, 1.165) is 48.7 Å². The lowest BCUT2D eigenvalue weighted by Crippen LogP contribution is -2.33. The van der Waals surface area contributed by atoms with E-state index in [1.54, 1.807) is 11.3 Å². The molecule has 1 N–H and O–H groups in total. The van der Waals surface area contributed by atoms with Crippen molar-refractivity contribution in [1.29, 1.82) is 0 Å². The first-order valence-corrected chi connectivity index (χ1v) is 12.2. The fraction of sp³-hybridized carbons (Fsp3) is 0.667. The molecule has 0 aromatic carbocycles. The number of aromatic nitrogens is 2. The van der Waals surface area contributed by atoms with Crippen LogP contribution in [0, 0.1) is 5.92 Å². The number of aryl methyl sites for hydroxylation is 2. The van der Waals surface area contributed by atoms with Gasteiger partial charge in [0.1, 0.15) is 4.83 Å². The Morgan fingerprint density at radius 2 is 2.04 bits per heavy atom. The Kier molecular flexibility index (Phi) is 5.83. The highest BCUT2D eigenvalue weighted by molar-refractivity contribution is 8.00. The normalized spacial score (nSPS) is 17.7. The van der Waals surface area contributed by atoms with Gasteiger partial charge in [-0.3, -0.25) is 14.2 Å². The largest absolute Gasteiger partial charge is 0.352 e. The van der Waals surface area contributed by atoms with Crippen LogP contribution in [-0.2, 0) is 24.2 Å². The summed E-state index contributed by atoms with van der Waals surface area (Å²) < 4.78 is 1.83. The van der Waals surface area contributed by atoms with E-state index in [2.05, 4.69) is 19.2 Å². The second-order valence-electron chi connectivity index (χ2n) is 8.47. The van der Waals surface area contributed by atoms with E-state index in [4.69, 9.17) is 4.98 Å². The number of hydrogen-bond acceptors (Lipinski definition) is 5. The highest BCUT2D eigenvalue weighted by atomic mass is 32.2. The topological polar surface area (TPSA) is 64.0 Å². The van der Waals surface area contributed by atoms with E-state index in [-0.39, 0.29) is 16.7 Å². The summed E-state index contributed by atoms with van der Waals surface area (Å²) in [6, 6.07) is 0.346. The van der Waals surface area contributed by atoms with Crippen molar-refractivity contribution >= 4 is 39.2 Å². The molecule has 2 aliphatic rings. The molecule has 1 atom stereocenters. The molecule has 1 fully saturated rings. The average molecular weight is 420 g/mol. The number of hydrogen-bond donors (Lipinski definition) is 1. The van der Waals surface area contributed by atoms with Gasteiger partial charge in [-0.05, 0) is 63.4 Å². The summed E-state index contributed by atoms with van der Waals surface area (Å²) >= 11 is 3.10. The van der Waals surface area contributed by atoms with Crippen LogP contribution in [0.3, 0.4) is 0 Å². The minimum atomic E-state index is -0.259. The third-order valence-electron chi connectivity index (χ3n) is 5.55. The molecule has 4 rings (SSSR count). The molecule has 1 amide bonds. The summed E-state index contributed by atoms with van der Waals surface area (Å²) in [7, 11) is 0. The molecular weight excluding hydrogens is 390 g/mol. The van der Waals surface area contributed by atoms with Crippen molar-refractivity contribution in [2.75, 3.05) is 0 Å². The third kappa shape index (κ3) is 4.15. The Morgan fingerprint density at radius 1 is 1.29 bits per heavy atom. The number of rotatable bonds is 7. The quantitative estimate of drug-likeness (QED) is 0.541. The monoisotopic (exact) mass is 419 g/mol. The molecule has 2 aliphatic carbocycles. The number of nitrogens with zero attached hydrogens (tertiary/aromatic N) is 2. The van der Waals surface area contributed by atoms with Crippen molar-refractivity contribution < 1.29 is 4.79 Å². The molecule has 0 spiro atoms. The zero-order valence-electron chi connectivity index (χ0n) is 16.9. The highest BCUT2D eigenvalue weighted by Crippen LogP contribution is 2.35. The number of thioether (sulfide) groups is 1. The van der Waals surface area contributed by atoms with Crippen LogP contribution < -0.4 is 10.9 Å². The van der Waals surface area contributed by atoms with Gasteiger partial charge in [0, 0.05) is 17.5 Å². The predicted molar refractivity (Wildman–Crippen MR) is 116 cm³/mol. The first-order valence-electron chi connectivity index (χ1n) is 10.5. The summed E-state index contributed by atoms with van der Waals surface area (Å²) in [5.74, 6) is 0.551. The zero-order chi connectivity index (χ0) is 19.8. The maximum atomic E-state index is 13.4. The molecule has 28 heavy (non-hydrogen) atoms. The maximum Gasteiger partial charge on any atom is 0.263 e. The van der Waals surface area contributed by atoms with Crippen LogP contribution in [-0.4, -0.2) is 26.8 Å². The van der Waals surface area contributed by atoms with Gasteiger partial charge in [-0.25, -0.2) is 4.98 Å². The Morgan fingerprint density at radius 3 is 2.75 bits per heavy atom. The van der Waals surface area contributed by atoms with E-state index in [9.17, 15) is 9.59 Å². The summed E-state index contributed by atoms with van der Waals surface area (Å²) in [5.41, 5.74) is 1.32. The second-order valence-corrected chi connectivity index (χ2v) is 10.9. The van der Waals surface area contributed by atoms with Crippen LogP contribution in [0.4, 0.5) is 0 Å². The molecule has 2 aromatic rings. The van der Waals surface area contributed by atoms with Crippen LogP contribution in [0.25, 0.3) is 10.2 Å². The first kappa shape index (κ1) is 20.0. The lowest BCUT2D eigenvalue weighted by molar-refractivity contribution is -0.120. The molecule has 152 valence electrons. The molecule has 0 unspecified atom stereocenters. The van der Waals surface area contributed by atoms with Crippen molar-refractivity contribution in [2.45, 2.75) is 88.7 Å². The summed E-state index contributed by atoms with van der Waals surface area (Å²) in [4.78, 5) is 33.0. The summed E-state index contributed by atoms with van der Waals surface area (Å²) in [6.45, 7) is 6.90. The van der Waals surface area contributed by atoms with E-state index >= 15 is 0 Å². The van der Waals surface area contributed by atoms with Crippen LogP contribution in [0.15, 0.2) is 9.95 Å². The standard InChI is InChI=1S/C21H29N3O2S2/c1-12(2)10-11-24-20(26)17-15-6-4-5-7-16(15)28-19(17)23-21(24)27-13(3)18(25)22-14-8-9-14/h12-14H,4-11H2,1-3H3,(H,22,25)/t13-/m1/s1. The second kappa shape index (κ2) is 8.19. The number of carbonyl (C=O) groups is 1. The van der Waals surface area contributed by atoms with Crippen LogP contribution in [0.2, 0.25) is 0 Å². The van der Waals surface area contributed by atoms with Crippen molar-refractivity contribution in [3.63, 3.8) is 0 Å². The molecule has 5 nitrogen and oxygen atoms in total. The minimum absolute atomic E-state index is 0.0442. The first-order chi connectivity index (χ1) is 13.4. The van der Waals surface area contributed by atoms with Gasteiger partial charge in [0.2, 0.25) is 5.91 Å². The van der Waals surface area contributed by atoms with E-state index in [1.807, 2.05) is 11.5 Å². The van der Waals surface area contributed by atoms with Gasteiger partial charge in [-0.2, -0.15) is 0 Å². The number of nitrogens with one attached hydrogen (secondary N) is 1. The molecule has 0 aliphatic heterocycles. The van der Waals surface area contributed by atoms with Gasteiger partial charge in [-0.15, -0.1) is 11.3 Å². The molecule has 0 saturated heterocycles. The van der Waals surface area contributed by atoms with Gasteiger partial charge in [0.25, 0.3) is 5.56 Å². The highest BCUT2D eigenvalue weighted by Gasteiger charge is 2.28. The van der Waals surface area contributed by atoms with Crippen molar-refractivity contribution in [3.8, 4) is 0 Å². The number of thiophene rings is 1. The molecule has 1 saturated carbocycles. The Balaban J connectivity index is 1.71. The molecule has 0 radical (unpaired) electrons. The van der Waals surface area contributed by atoms with Gasteiger partial charge in [0.05, 0.1) is 10.6 Å². The SMILES string of the molecule is CC(C)CCn1c(S[C@H](C)C(=O)NC2CC2)nc2sc3c(c2c1=O)CCCC3. The maximum absolute atomic E-state index is 13.4. The average Bonchev–Trinajstić information content (AvgIpc) is 3.38. The molecule has 2 heterocycles. The Hall–Kier alpha value is -1.34. The molecule has 7 heteroatoms. The lowest BCUT2D eigenvalue weighted by atomic mass is 9.97. The Labute approximate surface area is 174 Å². The summed E-state index contributed by atoms with van der Waals surface area (Å²) in [5, 5.41) is 4.33. The van der Waals surface area contributed by atoms with Gasteiger partial charge >= 0.3 is 0 Å². The van der Waals surface area contributed by atoms with Gasteiger partial charge in [-0.1, -0.05) is 25.6 Å². The number of amides is 1. The van der Waals surface area contributed by atoms with Crippen molar-refractivity contribution in [1.82, 2.24) is 14.9 Å². The van der Waals surface area contributed by atoms with Gasteiger partial charge < -0.3 is 5.32 Å². The zero-order valence-corrected chi connectivity index (χ0v) is 18.5. The smallest absolute Gasteiger partial charge is 0.263 e. The predicted octanol–water partition coefficient (Wildman–Crippen LogP) is 4.14. The van der Waals surface area contributed by atoms with Crippen molar-refractivity contribution in [3.05, 3.63) is 20.8 Å². The van der Waals surface area contributed by atoms with E-state index in [1.165, 1.54) is 28.6 Å². The van der Waals surface area contributed by atoms with E-state index in [0.29, 0.717) is 23.7 Å². The van der Waals surface area contributed by atoms with E-state index < -0.39 is 0 Å². The molecular formula is C21H29N3O2S2. The fourth-order valence-corrected chi connectivity index (χ4v) is 5.90. The van der Waals surface area contributed by atoms with Gasteiger partial charge in [0.15, 0.2) is 5.16 Å².